The summed E-state index contributed by atoms with van der Waals surface area (Å²) < 4.78 is 32.5. The van der Waals surface area contributed by atoms with Gasteiger partial charge in [0.15, 0.2) is 0 Å². The molecule has 0 radical (unpaired) electrons. The van der Waals surface area contributed by atoms with Gasteiger partial charge in [-0.05, 0) is 15.9 Å². The molecule has 0 aliphatic carbocycles. The lowest BCUT2D eigenvalue weighted by atomic mass is 10.3. The molecule has 1 amide bonds. The SMILES string of the molecule is O=C(O)C(F)(F)F.O=C(O)CCSSCCNC(=O)c1csc(Br)c1Cl. The molecule has 0 spiro atoms. The van der Waals surface area contributed by atoms with Crippen molar-refractivity contribution in [3.05, 3.63) is 19.8 Å². The molecule has 148 valence electrons. The summed E-state index contributed by atoms with van der Waals surface area (Å²) in [5.41, 5.74) is 0.474. The topological polar surface area (TPSA) is 104 Å². The molecule has 1 aromatic rings. The second-order valence-electron chi connectivity index (χ2n) is 4.08. The van der Waals surface area contributed by atoms with Gasteiger partial charge in [-0.2, -0.15) is 13.2 Å². The van der Waals surface area contributed by atoms with Gasteiger partial charge >= 0.3 is 18.1 Å². The van der Waals surface area contributed by atoms with E-state index in [1.165, 1.54) is 22.1 Å². The average molecular weight is 519 g/mol. The standard InChI is InChI=1S/C10H11BrClNO3S3.C2HF3O2/c11-9-8(12)6(5-17-9)10(16)13-2-4-19-18-3-1-7(14)15;3-2(4,5)1(6)7/h5H,1-4H2,(H,13,16)(H,14,15);(H,6,7). The van der Waals surface area contributed by atoms with Crippen molar-refractivity contribution in [1.82, 2.24) is 5.32 Å². The minimum Gasteiger partial charge on any atom is -0.481 e. The van der Waals surface area contributed by atoms with E-state index in [2.05, 4.69) is 21.2 Å². The van der Waals surface area contributed by atoms with Crippen LogP contribution in [0.1, 0.15) is 16.8 Å². The van der Waals surface area contributed by atoms with Gasteiger partial charge in [-0.1, -0.05) is 33.2 Å². The summed E-state index contributed by atoms with van der Waals surface area (Å²) in [5.74, 6) is -2.45. The van der Waals surface area contributed by atoms with Crippen LogP contribution in [0.3, 0.4) is 0 Å². The van der Waals surface area contributed by atoms with Gasteiger partial charge in [-0.25, -0.2) is 4.79 Å². The van der Waals surface area contributed by atoms with E-state index in [9.17, 15) is 22.8 Å². The molecule has 3 N–H and O–H groups in total. The van der Waals surface area contributed by atoms with Crippen LogP contribution in [0.2, 0.25) is 5.02 Å². The molecule has 0 saturated heterocycles. The van der Waals surface area contributed by atoms with Gasteiger partial charge in [-0.15, -0.1) is 11.3 Å². The highest BCUT2D eigenvalue weighted by molar-refractivity contribution is 9.11. The van der Waals surface area contributed by atoms with Crippen LogP contribution in [-0.4, -0.2) is 52.3 Å². The molecule has 1 heterocycles. The van der Waals surface area contributed by atoms with Crippen LogP contribution in [0.4, 0.5) is 13.2 Å². The Morgan fingerprint density at radius 1 is 1.23 bits per heavy atom. The summed E-state index contributed by atoms with van der Waals surface area (Å²) in [6, 6.07) is 0. The van der Waals surface area contributed by atoms with Gasteiger partial charge < -0.3 is 15.5 Å². The molecule has 0 fully saturated rings. The molecule has 0 saturated carbocycles. The number of carboxylic acid groups (broad SMARTS) is 2. The van der Waals surface area contributed by atoms with Crippen molar-refractivity contribution in [1.29, 1.82) is 0 Å². The zero-order chi connectivity index (χ0) is 20.3. The number of halogens is 5. The monoisotopic (exact) mass is 517 g/mol. The molecular weight excluding hydrogens is 507 g/mol. The van der Waals surface area contributed by atoms with Gasteiger partial charge in [0.2, 0.25) is 0 Å². The first-order valence-electron chi connectivity index (χ1n) is 6.43. The van der Waals surface area contributed by atoms with E-state index in [1.807, 2.05) is 0 Å². The fourth-order valence-electron chi connectivity index (χ4n) is 1.02. The van der Waals surface area contributed by atoms with E-state index < -0.39 is 18.1 Å². The molecule has 0 aromatic carbocycles. The summed E-state index contributed by atoms with van der Waals surface area (Å²) in [7, 11) is 3.03. The molecule has 0 unspecified atom stereocenters. The van der Waals surface area contributed by atoms with Crippen molar-refractivity contribution in [2.24, 2.45) is 0 Å². The van der Waals surface area contributed by atoms with Crippen molar-refractivity contribution in [3.63, 3.8) is 0 Å². The zero-order valence-electron chi connectivity index (χ0n) is 12.6. The molecule has 26 heavy (non-hydrogen) atoms. The number of rotatable bonds is 8. The molecule has 0 atom stereocenters. The van der Waals surface area contributed by atoms with E-state index in [0.29, 0.717) is 22.9 Å². The van der Waals surface area contributed by atoms with Crippen LogP contribution in [0.5, 0.6) is 0 Å². The van der Waals surface area contributed by atoms with Gasteiger partial charge in [-0.3, -0.25) is 9.59 Å². The number of alkyl halides is 3. The van der Waals surface area contributed by atoms with Gasteiger partial charge in [0, 0.05) is 23.4 Å². The summed E-state index contributed by atoms with van der Waals surface area (Å²) in [6.45, 7) is 0.521. The maximum atomic E-state index is 11.8. The smallest absolute Gasteiger partial charge is 0.481 e. The van der Waals surface area contributed by atoms with Crippen LogP contribution >= 0.6 is 60.5 Å². The third-order valence-electron chi connectivity index (χ3n) is 2.13. The van der Waals surface area contributed by atoms with E-state index in [1.54, 1.807) is 16.2 Å². The van der Waals surface area contributed by atoms with Crippen LogP contribution < -0.4 is 5.32 Å². The third-order valence-corrected chi connectivity index (χ3v) is 6.99. The Bertz CT molecular complexity index is 630. The summed E-state index contributed by atoms with van der Waals surface area (Å²) in [6.07, 6.45) is -4.93. The number of amides is 1. The predicted octanol–water partition coefficient (Wildman–Crippen LogP) is 4.38. The average Bonchev–Trinajstić information content (AvgIpc) is 2.85. The summed E-state index contributed by atoms with van der Waals surface area (Å²) in [5, 5.41) is 20.5. The molecule has 0 bridgehead atoms. The number of hydrogen-bond acceptors (Lipinski definition) is 6. The maximum Gasteiger partial charge on any atom is 0.490 e. The lowest BCUT2D eigenvalue weighted by Crippen LogP contribution is -2.25. The highest BCUT2D eigenvalue weighted by Gasteiger charge is 2.38. The van der Waals surface area contributed by atoms with Crippen LogP contribution in [0.15, 0.2) is 9.17 Å². The molecule has 6 nitrogen and oxygen atoms in total. The van der Waals surface area contributed by atoms with E-state index in [4.69, 9.17) is 26.6 Å². The Hall–Kier alpha value is -0.630. The molecule has 1 rings (SSSR count). The number of carboxylic acids is 2. The second-order valence-corrected chi connectivity index (χ2v) is 9.36. The van der Waals surface area contributed by atoms with Gasteiger partial charge in [0.1, 0.15) is 0 Å². The Morgan fingerprint density at radius 3 is 2.19 bits per heavy atom. The highest BCUT2D eigenvalue weighted by Crippen LogP contribution is 2.32. The van der Waals surface area contributed by atoms with Crippen molar-refractivity contribution < 1.29 is 37.8 Å². The van der Waals surface area contributed by atoms with E-state index in [0.717, 1.165) is 9.54 Å². The zero-order valence-corrected chi connectivity index (χ0v) is 17.4. The molecule has 1 aromatic heterocycles. The number of nitrogens with one attached hydrogen (secondary N) is 1. The predicted molar refractivity (Wildman–Crippen MR) is 100 cm³/mol. The Balaban J connectivity index is 0.000000758. The van der Waals surface area contributed by atoms with Crippen molar-refractivity contribution in [2.45, 2.75) is 12.6 Å². The number of hydrogen-bond donors (Lipinski definition) is 3. The lowest BCUT2D eigenvalue weighted by molar-refractivity contribution is -0.192. The minimum absolute atomic E-state index is 0.155. The Morgan fingerprint density at radius 2 is 1.77 bits per heavy atom. The number of aliphatic carboxylic acids is 2. The molecule has 14 heteroatoms. The summed E-state index contributed by atoms with van der Waals surface area (Å²) in [4.78, 5) is 30.9. The van der Waals surface area contributed by atoms with Crippen LogP contribution in [0.25, 0.3) is 0 Å². The first-order chi connectivity index (χ1) is 12.0. The number of carbonyl (C=O) groups is 3. The Kier molecular flexibility index (Phi) is 12.4. The van der Waals surface area contributed by atoms with Gasteiger partial charge in [0.05, 0.1) is 20.8 Å². The quantitative estimate of drug-likeness (QED) is 0.346. The van der Waals surface area contributed by atoms with Crippen LogP contribution in [-0.2, 0) is 9.59 Å². The fraction of sp³-hybridized carbons (Fsp3) is 0.417. The number of thiophene rings is 1. The molecule has 0 aliphatic heterocycles. The lowest BCUT2D eigenvalue weighted by Gasteiger charge is -2.03. The van der Waals surface area contributed by atoms with Gasteiger partial charge in [0.25, 0.3) is 5.91 Å². The second kappa shape index (κ2) is 12.7. The molecular formula is C12H12BrClF3NO5S3. The first-order valence-corrected chi connectivity index (χ1v) is 11.0. The largest absolute Gasteiger partial charge is 0.490 e. The molecule has 0 aliphatic rings. The van der Waals surface area contributed by atoms with E-state index in [-0.39, 0.29) is 12.3 Å². The maximum absolute atomic E-state index is 11.8. The fourth-order valence-corrected chi connectivity index (χ4v) is 4.40. The third kappa shape index (κ3) is 11.2. The van der Waals surface area contributed by atoms with Crippen molar-refractivity contribution in [2.75, 3.05) is 18.1 Å². The first kappa shape index (κ1) is 25.4. The Labute approximate surface area is 171 Å². The van der Waals surface area contributed by atoms with Crippen molar-refractivity contribution in [3.8, 4) is 0 Å². The minimum atomic E-state index is -5.08. The normalized spacial score (nSPS) is 10.7. The van der Waals surface area contributed by atoms with Crippen molar-refractivity contribution >= 4 is 78.3 Å². The summed E-state index contributed by atoms with van der Waals surface area (Å²) >= 11 is 10.6. The number of carbonyl (C=O) groups excluding carboxylic acids is 1. The van der Waals surface area contributed by atoms with Crippen LogP contribution in [0, 0.1) is 0 Å². The van der Waals surface area contributed by atoms with E-state index >= 15 is 0 Å². The highest BCUT2D eigenvalue weighted by atomic mass is 79.9.